The van der Waals surface area contributed by atoms with E-state index in [1.165, 1.54) is 12.1 Å². The maximum atomic E-state index is 13.5. The molecule has 3 rings (SSSR count). The fourth-order valence-electron chi connectivity index (χ4n) is 3.38. The summed E-state index contributed by atoms with van der Waals surface area (Å²) in [5.41, 5.74) is 2.03. The molecular weight excluding hydrogens is 309 g/mol. The number of carbonyl (C=O) groups is 1. The van der Waals surface area contributed by atoms with E-state index in [4.69, 9.17) is 0 Å². The van der Waals surface area contributed by atoms with Crippen LogP contribution in [0.3, 0.4) is 0 Å². The number of aliphatic hydroxyl groups is 1. The molecule has 0 bridgehead atoms. The fraction of sp³-hybridized carbons (Fsp3) is 0.444. The van der Waals surface area contributed by atoms with E-state index < -0.39 is 6.10 Å². The molecule has 2 atom stereocenters. The number of benzene rings is 1. The predicted octanol–water partition coefficient (Wildman–Crippen LogP) is 2.86. The van der Waals surface area contributed by atoms with Gasteiger partial charge in [-0.25, -0.2) is 4.39 Å². The average molecular weight is 331 g/mol. The molecule has 1 aromatic heterocycles. The molecule has 1 aromatic carbocycles. The fourth-order valence-corrected chi connectivity index (χ4v) is 3.38. The Labute approximate surface area is 140 Å². The molecule has 2 heterocycles. The second kappa shape index (κ2) is 6.36. The van der Waals surface area contributed by atoms with Crippen LogP contribution in [0.25, 0.3) is 0 Å². The lowest BCUT2D eigenvalue weighted by molar-refractivity contribution is 0.0714. The minimum atomic E-state index is -0.609. The SMILES string of the molecule is Cc1c(C(=O)N2CC(O)CC2c2cccc(F)c2)cnn1C(C)C. The van der Waals surface area contributed by atoms with Gasteiger partial charge in [0.15, 0.2) is 0 Å². The van der Waals surface area contributed by atoms with Crippen LogP contribution in [-0.2, 0) is 0 Å². The van der Waals surface area contributed by atoms with Crippen LogP contribution in [0.2, 0.25) is 0 Å². The van der Waals surface area contributed by atoms with Crippen molar-refractivity contribution in [3.8, 4) is 0 Å². The minimum Gasteiger partial charge on any atom is -0.391 e. The van der Waals surface area contributed by atoms with E-state index in [0.717, 1.165) is 5.69 Å². The van der Waals surface area contributed by atoms with E-state index in [1.807, 2.05) is 20.8 Å². The van der Waals surface area contributed by atoms with Gasteiger partial charge in [0.25, 0.3) is 5.91 Å². The Hall–Kier alpha value is -2.21. The van der Waals surface area contributed by atoms with Crippen LogP contribution in [0.1, 0.15) is 54.0 Å². The molecule has 0 aliphatic carbocycles. The van der Waals surface area contributed by atoms with Crippen molar-refractivity contribution in [1.29, 1.82) is 0 Å². The van der Waals surface area contributed by atoms with Crippen molar-refractivity contribution < 1.29 is 14.3 Å². The van der Waals surface area contributed by atoms with Crippen LogP contribution >= 0.6 is 0 Å². The predicted molar refractivity (Wildman–Crippen MR) is 88.2 cm³/mol. The summed E-state index contributed by atoms with van der Waals surface area (Å²) in [5, 5.41) is 14.3. The Morgan fingerprint density at radius 1 is 1.42 bits per heavy atom. The van der Waals surface area contributed by atoms with Crippen molar-refractivity contribution in [3.05, 3.63) is 53.1 Å². The van der Waals surface area contributed by atoms with Gasteiger partial charge >= 0.3 is 0 Å². The zero-order valence-electron chi connectivity index (χ0n) is 14.1. The summed E-state index contributed by atoms with van der Waals surface area (Å²) in [6.07, 6.45) is 1.38. The van der Waals surface area contributed by atoms with Gasteiger partial charge in [-0.15, -0.1) is 0 Å². The molecular formula is C18H22FN3O2. The van der Waals surface area contributed by atoms with Gasteiger partial charge in [-0.05, 0) is 44.9 Å². The summed E-state index contributed by atoms with van der Waals surface area (Å²) in [5.74, 6) is -0.518. The molecule has 1 fully saturated rings. The first-order chi connectivity index (χ1) is 11.4. The number of aromatic nitrogens is 2. The molecule has 0 radical (unpaired) electrons. The topological polar surface area (TPSA) is 58.4 Å². The molecule has 5 nitrogen and oxygen atoms in total. The third-order valence-corrected chi connectivity index (χ3v) is 4.54. The molecule has 6 heteroatoms. The lowest BCUT2D eigenvalue weighted by Gasteiger charge is -2.25. The number of hydrogen-bond acceptors (Lipinski definition) is 3. The van der Waals surface area contributed by atoms with Gasteiger partial charge in [0.2, 0.25) is 0 Å². The number of β-amino-alcohol motifs (C(OH)–C–C–N with tert-alkyl or cyclic N) is 1. The van der Waals surface area contributed by atoms with Crippen LogP contribution in [0.15, 0.2) is 30.5 Å². The molecule has 1 amide bonds. The molecule has 1 N–H and O–H groups in total. The number of likely N-dealkylation sites (tertiary alicyclic amines) is 1. The number of nitrogens with zero attached hydrogens (tertiary/aromatic N) is 3. The Morgan fingerprint density at radius 2 is 2.17 bits per heavy atom. The van der Waals surface area contributed by atoms with Crippen molar-refractivity contribution in [2.24, 2.45) is 0 Å². The molecule has 0 saturated carbocycles. The van der Waals surface area contributed by atoms with E-state index in [-0.39, 0.29) is 30.4 Å². The highest BCUT2D eigenvalue weighted by Crippen LogP contribution is 2.34. The minimum absolute atomic E-state index is 0.162. The first-order valence-electron chi connectivity index (χ1n) is 8.17. The first-order valence-corrected chi connectivity index (χ1v) is 8.17. The Balaban J connectivity index is 1.93. The van der Waals surface area contributed by atoms with E-state index in [1.54, 1.807) is 27.9 Å². The highest BCUT2D eigenvalue weighted by Gasteiger charge is 2.37. The highest BCUT2D eigenvalue weighted by molar-refractivity contribution is 5.95. The average Bonchev–Trinajstić information content (AvgIpc) is 3.10. The van der Waals surface area contributed by atoms with Gasteiger partial charge in [0.1, 0.15) is 5.82 Å². The quantitative estimate of drug-likeness (QED) is 0.941. The van der Waals surface area contributed by atoms with E-state index in [9.17, 15) is 14.3 Å². The normalized spacial score (nSPS) is 20.8. The lowest BCUT2D eigenvalue weighted by Crippen LogP contribution is -2.32. The summed E-state index contributed by atoms with van der Waals surface area (Å²) < 4.78 is 15.3. The van der Waals surface area contributed by atoms with Crippen molar-refractivity contribution in [3.63, 3.8) is 0 Å². The summed E-state index contributed by atoms with van der Waals surface area (Å²) >= 11 is 0. The smallest absolute Gasteiger partial charge is 0.257 e. The van der Waals surface area contributed by atoms with E-state index in [2.05, 4.69) is 5.10 Å². The Morgan fingerprint density at radius 3 is 2.79 bits per heavy atom. The molecule has 128 valence electrons. The van der Waals surface area contributed by atoms with Crippen LogP contribution < -0.4 is 0 Å². The second-order valence-corrected chi connectivity index (χ2v) is 6.60. The number of rotatable bonds is 3. The summed E-state index contributed by atoms with van der Waals surface area (Å²) in [6.45, 7) is 6.11. The van der Waals surface area contributed by atoms with Crippen molar-refractivity contribution >= 4 is 5.91 Å². The lowest BCUT2D eigenvalue weighted by atomic mass is 10.0. The monoisotopic (exact) mass is 331 g/mol. The number of aliphatic hydroxyl groups excluding tert-OH is 1. The number of carbonyl (C=O) groups excluding carboxylic acids is 1. The van der Waals surface area contributed by atoms with Gasteiger partial charge in [0, 0.05) is 18.3 Å². The molecule has 0 spiro atoms. The zero-order chi connectivity index (χ0) is 17.4. The van der Waals surface area contributed by atoms with Crippen molar-refractivity contribution in [2.75, 3.05) is 6.54 Å². The molecule has 2 aromatic rings. The maximum absolute atomic E-state index is 13.5. The van der Waals surface area contributed by atoms with Gasteiger partial charge < -0.3 is 10.0 Å². The van der Waals surface area contributed by atoms with Gasteiger partial charge in [-0.1, -0.05) is 12.1 Å². The van der Waals surface area contributed by atoms with Crippen molar-refractivity contribution in [2.45, 2.75) is 45.4 Å². The number of halogens is 1. The van der Waals surface area contributed by atoms with Crippen molar-refractivity contribution in [1.82, 2.24) is 14.7 Å². The standard InChI is InChI=1S/C18H22FN3O2/c1-11(2)22-12(3)16(9-20-22)18(24)21-10-15(23)8-17(21)13-5-4-6-14(19)7-13/h4-7,9,11,15,17,23H,8,10H2,1-3H3. The largest absolute Gasteiger partial charge is 0.391 e. The van der Waals surface area contributed by atoms with Crippen LogP contribution in [-0.4, -0.2) is 38.3 Å². The number of hydrogen-bond donors (Lipinski definition) is 1. The van der Waals surface area contributed by atoms with Crippen LogP contribution in [0.5, 0.6) is 0 Å². The Kier molecular flexibility index (Phi) is 4.41. The molecule has 1 aliphatic heterocycles. The summed E-state index contributed by atoms with van der Waals surface area (Å²) in [6, 6.07) is 6.04. The summed E-state index contributed by atoms with van der Waals surface area (Å²) in [7, 11) is 0. The summed E-state index contributed by atoms with van der Waals surface area (Å²) in [4.78, 5) is 14.6. The molecule has 1 aliphatic rings. The van der Waals surface area contributed by atoms with Crippen LogP contribution in [0, 0.1) is 12.7 Å². The highest BCUT2D eigenvalue weighted by atomic mass is 19.1. The first kappa shape index (κ1) is 16.6. The third-order valence-electron chi connectivity index (χ3n) is 4.54. The van der Waals surface area contributed by atoms with Crippen LogP contribution in [0.4, 0.5) is 4.39 Å². The molecule has 2 unspecified atom stereocenters. The number of amides is 1. The van der Waals surface area contributed by atoms with Gasteiger partial charge in [-0.3, -0.25) is 9.48 Å². The molecule has 24 heavy (non-hydrogen) atoms. The zero-order valence-corrected chi connectivity index (χ0v) is 14.1. The van der Waals surface area contributed by atoms with Gasteiger partial charge in [0.05, 0.1) is 23.9 Å². The van der Waals surface area contributed by atoms with Gasteiger partial charge in [-0.2, -0.15) is 5.10 Å². The third kappa shape index (κ3) is 2.94. The van der Waals surface area contributed by atoms with E-state index >= 15 is 0 Å². The molecule has 1 saturated heterocycles. The Bertz CT molecular complexity index is 756. The second-order valence-electron chi connectivity index (χ2n) is 6.60. The maximum Gasteiger partial charge on any atom is 0.257 e. The van der Waals surface area contributed by atoms with E-state index in [0.29, 0.717) is 17.5 Å².